The quantitative estimate of drug-likeness (QED) is 0.624. The molecule has 0 radical (unpaired) electrons. The van der Waals surface area contributed by atoms with Crippen LogP contribution in [0.3, 0.4) is 0 Å². The highest BCUT2D eigenvalue weighted by molar-refractivity contribution is 9.10. The van der Waals surface area contributed by atoms with Crippen LogP contribution in [0, 0.1) is 5.82 Å². The lowest BCUT2D eigenvalue weighted by molar-refractivity contribution is 0.0979. The van der Waals surface area contributed by atoms with E-state index in [0.29, 0.717) is 30.2 Å². The second-order valence-electron chi connectivity index (χ2n) is 6.15. The summed E-state index contributed by atoms with van der Waals surface area (Å²) in [7, 11) is 3.67. The topological polar surface area (TPSA) is 41.4 Å². The Balaban J connectivity index is 1.83. The number of benzene rings is 2. The van der Waals surface area contributed by atoms with Gasteiger partial charge in [-0.25, -0.2) is 4.39 Å². The molecule has 0 bridgehead atoms. The summed E-state index contributed by atoms with van der Waals surface area (Å²) in [4.78, 5) is 16.9. The van der Waals surface area contributed by atoms with Crippen LogP contribution in [-0.2, 0) is 7.05 Å². The molecule has 1 aromatic heterocycles. The largest absolute Gasteiger partial charge is 0.371 e. The highest BCUT2D eigenvalue weighted by Crippen LogP contribution is 2.34. The van der Waals surface area contributed by atoms with Crippen molar-refractivity contribution in [1.82, 2.24) is 9.78 Å². The Hall–Kier alpha value is -2.41. The molecule has 1 aliphatic rings. The number of aromatic nitrogens is 2. The number of aryl methyl sites for hydroxylation is 1. The lowest BCUT2D eigenvalue weighted by atomic mass is 10.1. The zero-order valence-electron chi connectivity index (χ0n) is 13.8. The van der Waals surface area contributed by atoms with Crippen LogP contribution in [0.5, 0.6) is 0 Å². The van der Waals surface area contributed by atoms with Crippen LogP contribution >= 0.6 is 15.9 Å². The van der Waals surface area contributed by atoms with E-state index in [0.717, 1.165) is 15.4 Å². The zero-order chi connectivity index (χ0) is 17.7. The average Bonchev–Trinajstić information content (AvgIpc) is 2.90. The molecule has 3 aromatic rings. The van der Waals surface area contributed by atoms with Gasteiger partial charge in [0, 0.05) is 37.0 Å². The van der Waals surface area contributed by atoms with Crippen LogP contribution in [-0.4, -0.2) is 35.8 Å². The Morgan fingerprint density at radius 2 is 1.92 bits per heavy atom. The fraction of sp³-hybridized carbons (Fsp3) is 0.222. The summed E-state index contributed by atoms with van der Waals surface area (Å²) in [6.07, 6.45) is 0. The van der Waals surface area contributed by atoms with E-state index in [1.807, 2.05) is 30.1 Å². The Bertz CT molecular complexity index is 1000. The van der Waals surface area contributed by atoms with E-state index in [2.05, 4.69) is 21.0 Å². The minimum absolute atomic E-state index is 0.131. The first-order chi connectivity index (χ1) is 12.0. The number of anilines is 2. The van der Waals surface area contributed by atoms with Gasteiger partial charge in [0.1, 0.15) is 11.5 Å². The maximum absolute atomic E-state index is 13.6. The van der Waals surface area contributed by atoms with Gasteiger partial charge in [-0.05, 0) is 36.4 Å². The van der Waals surface area contributed by atoms with Crippen molar-refractivity contribution in [3.63, 3.8) is 0 Å². The summed E-state index contributed by atoms with van der Waals surface area (Å²) < 4.78 is 16.2. The highest BCUT2D eigenvalue weighted by Gasteiger charge is 2.29. The van der Waals surface area contributed by atoms with E-state index < -0.39 is 0 Å². The van der Waals surface area contributed by atoms with Gasteiger partial charge >= 0.3 is 0 Å². The highest BCUT2D eigenvalue weighted by atomic mass is 79.9. The molecule has 1 aliphatic heterocycles. The molecule has 0 saturated heterocycles. The van der Waals surface area contributed by atoms with Gasteiger partial charge in [0.2, 0.25) is 0 Å². The molecule has 0 atom stereocenters. The third-order valence-electron chi connectivity index (χ3n) is 4.54. The van der Waals surface area contributed by atoms with Gasteiger partial charge in [0.05, 0.1) is 16.9 Å². The van der Waals surface area contributed by atoms with Gasteiger partial charge in [-0.1, -0.05) is 15.9 Å². The van der Waals surface area contributed by atoms with Crippen molar-refractivity contribution in [1.29, 1.82) is 0 Å². The van der Waals surface area contributed by atoms with Crippen molar-refractivity contribution in [3.8, 4) is 0 Å². The molecule has 0 unspecified atom stereocenters. The third kappa shape index (κ3) is 2.59. The molecular formula is C18H16BrFN4O. The van der Waals surface area contributed by atoms with Crippen molar-refractivity contribution in [3.05, 3.63) is 52.4 Å². The standard InChI is InChI=1S/C18H16BrFN4O/c1-22-7-8-24(15-6-4-12(20)10-16(15)22)18(25)17-13-5-3-11(19)9-14(13)21-23(17)2/h3-6,9-10H,7-8H2,1-2H3. The number of rotatable bonds is 1. The molecule has 4 rings (SSSR count). The normalized spacial score (nSPS) is 14.1. The second-order valence-corrected chi connectivity index (χ2v) is 7.06. The predicted molar refractivity (Wildman–Crippen MR) is 99.8 cm³/mol. The van der Waals surface area contributed by atoms with E-state index in [1.165, 1.54) is 12.1 Å². The molecule has 0 aliphatic carbocycles. The van der Waals surface area contributed by atoms with Crippen LogP contribution in [0.4, 0.5) is 15.8 Å². The number of halogens is 2. The number of likely N-dealkylation sites (N-methyl/N-ethyl adjacent to an activating group) is 1. The molecule has 0 N–H and O–H groups in total. The summed E-state index contributed by atoms with van der Waals surface area (Å²) in [5.41, 5.74) is 2.72. The van der Waals surface area contributed by atoms with E-state index in [1.54, 1.807) is 22.7 Å². The first kappa shape index (κ1) is 16.1. The van der Waals surface area contributed by atoms with Crippen molar-refractivity contribution in [2.24, 2.45) is 7.05 Å². The first-order valence-electron chi connectivity index (χ1n) is 7.90. The van der Waals surface area contributed by atoms with Crippen LogP contribution in [0.2, 0.25) is 0 Å². The van der Waals surface area contributed by atoms with Crippen LogP contribution in [0.15, 0.2) is 40.9 Å². The molecular weight excluding hydrogens is 387 g/mol. The van der Waals surface area contributed by atoms with Crippen LogP contribution in [0.25, 0.3) is 10.9 Å². The summed E-state index contributed by atoms with van der Waals surface area (Å²) in [6.45, 7) is 1.18. The predicted octanol–water partition coefficient (Wildman–Crippen LogP) is 3.57. The number of hydrogen-bond donors (Lipinski definition) is 0. The smallest absolute Gasteiger partial charge is 0.277 e. The van der Waals surface area contributed by atoms with Crippen molar-refractivity contribution >= 4 is 44.1 Å². The summed E-state index contributed by atoms with van der Waals surface area (Å²) in [5.74, 6) is -0.441. The van der Waals surface area contributed by atoms with Crippen molar-refractivity contribution in [2.75, 3.05) is 29.9 Å². The Morgan fingerprint density at radius 3 is 2.72 bits per heavy atom. The SMILES string of the molecule is CN1CCN(C(=O)c2c3ccc(Br)cc3nn2C)c2ccc(F)cc21. The Kier molecular flexibility index (Phi) is 3.76. The monoisotopic (exact) mass is 402 g/mol. The van der Waals surface area contributed by atoms with Crippen molar-refractivity contribution < 1.29 is 9.18 Å². The van der Waals surface area contributed by atoms with E-state index >= 15 is 0 Å². The minimum Gasteiger partial charge on any atom is -0.371 e. The molecule has 5 nitrogen and oxygen atoms in total. The van der Waals surface area contributed by atoms with E-state index in [4.69, 9.17) is 0 Å². The molecule has 2 aromatic carbocycles. The molecule has 128 valence electrons. The molecule has 0 fully saturated rings. The number of fused-ring (bicyclic) bond motifs is 2. The molecule has 0 spiro atoms. The Labute approximate surface area is 152 Å². The Morgan fingerprint density at radius 1 is 1.12 bits per heavy atom. The maximum atomic E-state index is 13.6. The number of hydrogen-bond acceptors (Lipinski definition) is 3. The molecule has 1 amide bonds. The van der Waals surface area contributed by atoms with Crippen LogP contribution in [0.1, 0.15) is 10.5 Å². The minimum atomic E-state index is -0.310. The van der Waals surface area contributed by atoms with Gasteiger partial charge in [-0.3, -0.25) is 9.48 Å². The summed E-state index contributed by atoms with van der Waals surface area (Å²) in [6, 6.07) is 10.2. The number of amides is 1. The maximum Gasteiger partial charge on any atom is 0.277 e. The fourth-order valence-electron chi connectivity index (χ4n) is 3.29. The molecule has 0 saturated carbocycles. The van der Waals surface area contributed by atoms with Crippen LogP contribution < -0.4 is 9.80 Å². The van der Waals surface area contributed by atoms with Crippen molar-refractivity contribution in [2.45, 2.75) is 0 Å². The second kappa shape index (κ2) is 5.84. The van der Waals surface area contributed by atoms with Gasteiger partial charge in [-0.15, -0.1) is 0 Å². The zero-order valence-corrected chi connectivity index (χ0v) is 15.4. The first-order valence-corrected chi connectivity index (χ1v) is 8.70. The molecule has 25 heavy (non-hydrogen) atoms. The van der Waals surface area contributed by atoms with Gasteiger partial charge in [0.15, 0.2) is 0 Å². The molecule has 7 heteroatoms. The van der Waals surface area contributed by atoms with Gasteiger partial charge in [-0.2, -0.15) is 5.10 Å². The average molecular weight is 403 g/mol. The van der Waals surface area contributed by atoms with E-state index in [9.17, 15) is 9.18 Å². The van der Waals surface area contributed by atoms with Gasteiger partial charge in [0.25, 0.3) is 5.91 Å². The summed E-state index contributed by atoms with van der Waals surface area (Å²) in [5, 5.41) is 5.25. The number of carbonyl (C=O) groups excluding carboxylic acids is 1. The third-order valence-corrected chi connectivity index (χ3v) is 5.04. The van der Waals surface area contributed by atoms with E-state index in [-0.39, 0.29) is 11.7 Å². The lowest BCUT2D eigenvalue weighted by Gasteiger charge is -2.35. The number of carbonyl (C=O) groups is 1. The number of nitrogens with zero attached hydrogens (tertiary/aromatic N) is 4. The molecule has 2 heterocycles. The summed E-state index contributed by atoms with van der Waals surface area (Å²) >= 11 is 3.43. The fourth-order valence-corrected chi connectivity index (χ4v) is 3.64. The van der Waals surface area contributed by atoms with Gasteiger partial charge < -0.3 is 9.80 Å². The lowest BCUT2D eigenvalue weighted by Crippen LogP contribution is -2.43.